The number of hydrogen-bond donors (Lipinski definition) is 1. The number of carbonyl (C=O) groups excluding carboxylic acids is 1. The van der Waals surface area contributed by atoms with Gasteiger partial charge in [-0.2, -0.15) is 0 Å². The fourth-order valence-electron chi connectivity index (χ4n) is 2.41. The molecule has 1 amide bonds. The van der Waals surface area contributed by atoms with Crippen LogP contribution in [0.15, 0.2) is 18.2 Å². The van der Waals surface area contributed by atoms with Gasteiger partial charge in [-0.25, -0.2) is 4.39 Å². The Morgan fingerprint density at radius 2 is 2.28 bits per heavy atom. The molecule has 1 fully saturated rings. The Morgan fingerprint density at radius 1 is 1.50 bits per heavy atom. The van der Waals surface area contributed by atoms with Crippen LogP contribution in [-0.2, 0) is 0 Å². The first-order valence-corrected chi connectivity index (χ1v) is 6.68. The van der Waals surface area contributed by atoms with Gasteiger partial charge in [0.05, 0.1) is 0 Å². The predicted molar refractivity (Wildman–Crippen MR) is 70.5 cm³/mol. The summed E-state index contributed by atoms with van der Waals surface area (Å²) in [6, 6.07) is 4.21. The summed E-state index contributed by atoms with van der Waals surface area (Å²) in [5.74, 6) is 0.0209. The second-order valence-corrected chi connectivity index (χ2v) is 5.56. The van der Waals surface area contributed by atoms with Crippen LogP contribution in [0.4, 0.5) is 4.39 Å². The smallest absolute Gasteiger partial charge is 0.251 e. The quantitative estimate of drug-likeness (QED) is 0.839. The van der Waals surface area contributed by atoms with E-state index in [0.29, 0.717) is 23.6 Å². The zero-order valence-corrected chi connectivity index (χ0v) is 11.1. The van der Waals surface area contributed by atoms with Crippen molar-refractivity contribution in [1.29, 1.82) is 0 Å². The summed E-state index contributed by atoms with van der Waals surface area (Å²) >= 11 is 6.03. The lowest BCUT2D eigenvalue weighted by atomic mass is 10.1. The van der Waals surface area contributed by atoms with E-state index in [2.05, 4.69) is 5.32 Å². The number of alkyl halides is 1. The minimum Gasteiger partial charge on any atom is -0.352 e. The molecule has 2 unspecified atom stereocenters. The van der Waals surface area contributed by atoms with Gasteiger partial charge in [-0.1, -0.05) is 0 Å². The lowest BCUT2D eigenvalue weighted by Gasteiger charge is -2.12. The van der Waals surface area contributed by atoms with Crippen molar-refractivity contribution in [1.82, 2.24) is 5.32 Å². The minimum atomic E-state index is -0.315. The van der Waals surface area contributed by atoms with Crippen LogP contribution >= 0.6 is 11.6 Å². The number of halogens is 2. The molecule has 1 aliphatic rings. The second kappa shape index (κ2) is 5.70. The molecule has 0 aliphatic heterocycles. The molecule has 0 spiro atoms. The first-order chi connectivity index (χ1) is 8.56. The van der Waals surface area contributed by atoms with Gasteiger partial charge in [-0.05, 0) is 55.9 Å². The Bertz CT molecular complexity index is 449. The molecule has 2 rings (SSSR count). The first-order valence-electron chi connectivity index (χ1n) is 6.24. The van der Waals surface area contributed by atoms with Crippen molar-refractivity contribution in [2.45, 2.75) is 31.6 Å². The van der Waals surface area contributed by atoms with E-state index >= 15 is 0 Å². The topological polar surface area (TPSA) is 29.1 Å². The van der Waals surface area contributed by atoms with Crippen LogP contribution in [0.3, 0.4) is 0 Å². The van der Waals surface area contributed by atoms with E-state index in [1.54, 1.807) is 6.92 Å². The molecule has 0 bridgehead atoms. The van der Waals surface area contributed by atoms with Crippen molar-refractivity contribution in [2.75, 3.05) is 6.54 Å². The average molecular weight is 270 g/mol. The zero-order chi connectivity index (χ0) is 13.1. The van der Waals surface area contributed by atoms with Gasteiger partial charge in [0.15, 0.2) is 0 Å². The zero-order valence-electron chi connectivity index (χ0n) is 10.4. The molecule has 18 heavy (non-hydrogen) atoms. The number of rotatable bonds is 3. The van der Waals surface area contributed by atoms with Crippen molar-refractivity contribution >= 4 is 17.5 Å². The fraction of sp³-hybridized carbons (Fsp3) is 0.500. The van der Waals surface area contributed by atoms with E-state index in [-0.39, 0.29) is 17.1 Å². The van der Waals surface area contributed by atoms with Crippen molar-refractivity contribution in [3.63, 3.8) is 0 Å². The van der Waals surface area contributed by atoms with E-state index in [1.165, 1.54) is 18.2 Å². The molecule has 98 valence electrons. The molecular weight excluding hydrogens is 253 g/mol. The van der Waals surface area contributed by atoms with Gasteiger partial charge < -0.3 is 5.32 Å². The summed E-state index contributed by atoms with van der Waals surface area (Å²) in [4.78, 5) is 11.9. The number of carbonyl (C=O) groups is 1. The Kier molecular flexibility index (Phi) is 4.23. The molecule has 1 N–H and O–H groups in total. The summed E-state index contributed by atoms with van der Waals surface area (Å²) in [7, 11) is 0. The maximum atomic E-state index is 12.9. The third-order valence-corrected chi connectivity index (χ3v) is 3.86. The molecule has 2 nitrogen and oxygen atoms in total. The van der Waals surface area contributed by atoms with Crippen LogP contribution < -0.4 is 5.32 Å². The highest BCUT2D eigenvalue weighted by Crippen LogP contribution is 2.28. The first kappa shape index (κ1) is 13.3. The summed E-state index contributed by atoms with van der Waals surface area (Å²) in [5.41, 5.74) is 1.20. The minimum absolute atomic E-state index is 0.134. The third kappa shape index (κ3) is 3.22. The molecule has 1 saturated carbocycles. The Hall–Kier alpha value is -1.09. The number of nitrogens with one attached hydrogen (secondary N) is 1. The van der Waals surface area contributed by atoms with E-state index in [1.807, 2.05) is 0 Å². The van der Waals surface area contributed by atoms with Crippen LogP contribution in [0.1, 0.15) is 35.2 Å². The highest BCUT2D eigenvalue weighted by molar-refractivity contribution is 6.20. The van der Waals surface area contributed by atoms with E-state index in [4.69, 9.17) is 11.6 Å². The van der Waals surface area contributed by atoms with Gasteiger partial charge in [0.1, 0.15) is 5.82 Å². The average Bonchev–Trinajstić information content (AvgIpc) is 2.72. The Balaban J connectivity index is 1.91. The molecule has 2 atom stereocenters. The van der Waals surface area contributed by atoms with Gasteiger partial charge in [0.25, 0.3) is 5.91 Å². The molecule has 4 heteroatoms. The van der Waals surface area contributed by atoms with Gasteiger partial charge in [0, 0.05) is 17.5 Å². The lowest BCUT2D eigenvalue weighted by Crippen LogP contribution is -2.29. The van der Waals surface area contributed by atoms with Gasteiger partial charge in [0.2, 0.25) is 0 Å². The Labute approximate surface area is 112 Å². The monoisotopic (exact) mass is 269 g/mol. The number of hydrogen-bond acceptors (Lipinski definition) is 1. The standard InChI is InChI=1S/C14H17ClFNO/c1-9-6-12(16)4-5-13(9)14(18)17-8-10-2-3-11(15)7-10/h4-6,10-11H,2-3,7-8H2,1H3,(H,17,18). The molecule has 0 radical (unpaired) electrons. The molecule has 0 aromatic heterocycles. The summed E-state index contributed by atoms with van der Waals surface area (Å²) in [6.45, 7) is 2.39. The van der Waals surface area contributed by atoms with Crippen molar-refractivity contribution < 1.29 is 9.18 Å². The van der Waals surface area contributed by atoms with Crippen LogP contribution in [0.5, 0.6) is 0 Å². The SMILES string of the molecule is Cc1cc(F)ccc1C(=O)NCC1CCC(Cl)C1. The summed E-state index contributed by atoms with van der Waals surface area (Å²) < 4.78 is 12.9. The van der Waals surface area contributed by atoms with Gasteiger partial charge in [-0.3, -0.25) is 4.79 Å². The predicted octanol–water partition coefficient (Wildman–Crippen LogP) is 3.27. The molecule has 1 aromatic carbocycles. The van der Waals surface area contributed by atoms with Crippen molar-refractivity contribution in [3.8, 4) is 0 Å². The van der Waals surface area contributed by atoms with Crippen molar-refractivity contribution in [3.05, 3.63) is 35.1 Å². The summed E-state index contributed by atoms with van der Waals surface area (Å²) in [6.07, 6.45) is 3.05. The molecule has 1 aromatic rings. The normalized spacial score (nSPS) is 23.1. The van der Waals surface area contributed by atoms with Crippen molar-refractivity contribution in [2.24, 2.45) is 5.92 Å². The van der Waals surface area contributed by atoms with E-state index in [9.17, 15) is 9.18 Å². The lowest BCUT2D eigenvalue weighted by molar-refractivity contribution is 0.0946. The van der Waals surface area contributed by atoms with Gasteiger partial charge >= 0.3 is 0 Å². The molecular formula is C14H17ClFNO. The van der Waals surface area contributed by atoms with E-state index < -0.39 is 0 Å². The Morgan fingerprint density at radius 3 is 2.89 bits per heavy atom. The highest BCUT2D eigenvalue weighted by Gasteiger charge is 2.23. The molecule has 0 heterocycles. The van der Waals surface area contributed by atoms with Crippen LogP contribution in [-0.4, -0.2) is 17.8 Å². The number of amides is 1. The second-order valence-electron chi connectivity index (χ2n) is 4.95. The van der Waals surface area contributed by atoms with Crippen LogP contribution in [0, 0.1) is 18.7 Å². The molecule has 0 saturated heterocycles. The molecule has 1 aliphatic carbocycles. The number of aryl methyl sites for hydroxylation is 1. The largest absolute Gasteiger partial charge is 0.352 e. The van der Waals surface area contributed by atoms with Crippen LogP contribution in [0.2, 0.25) is 0 Å². The fourth-order valence-corrected chi connectivity index (χ4v) is 2.79. The third-order valence-electron chi connectivity index (χ3n) is 3.46. The maximum absolute atomic E-state index is 12.9. The van der Waals surface area contributed by atoms with E-state index in [0.717, 1.165) is 19.3 Å². The van der Waals surface area contributed by atoms with Gasteiger partial charge in [-0.15, -0.1) is 11.6 Å². The number of benzene rings is 1. The maximum Gasteiger partial charge on any atom is 0.251 e. The summed E-state index contributed by atoms with van der Waals surface area (Å²) in [5, 5.41) is 3.15. The highest BCUT2D eigenvalue weighted by atomic mass is 35.5. The van der Waals surface area contributed by atoms with Crippen LogP contribution in [0.25, 0.3) is 0 Å².